The topological polar surface area (TPSA) is 60.9 Å². The third-order valence-electron chi connectivity index (χ3n) is 2.85. The lowest BCUT2D eigenvalue weighted by atomic mass is 10.0. The van der Waals surface area contributed by atoms with Gasteiger partial charge in [0.1, 0.15) is 5.69 Å². The molecule has 0 bridgehead atoms. The van der Waals surface area contributed by atoms with Crippen LogP contribution in [-0.4, -0.2) is 15.6 Å². The molecule has 4 nitrogen and oxygen atoms in total. The fourth-order valence-electron chi connectivity index (χ4n) is 1.89. The molecule has 0 amide bonds. The molecule has 2 rings (SSSR count). The van der Waals surface area contributed by atoms with E-state index in [1.807, 2.05) is 44.2 Å². The molecule has 1 unspecified atom stereocenters. The van der Waals surface area contributed by atoms with Crippen LogP contribution in [0.25, 0.3) is 0 Å². The highest BCUT2D eigenvalue weighted by Crippen LogP contribution is 2.17. The van der Waals surface area contributed by atoms with E-state index >= 15 is 0 Å². The molecule has 1 aromatic heterocycles. The number of carbonyl (C=O) groups excluding carboxylic acids is 1. The van der Waals surface area contributed by atoms with E-state index in [0.717, 1.165) is 5.56 Å². The number of carbonyl (C=O) groups is 1. The van der Waals surface area contributed by atoms with Crippen LogP contribution in [0.4, 0.5) is 0 Å². The van der Waals surface area contributed by atoms with E-state index < -0.39 is 6.04 Å². The molecule has 0 saturated heterocycles. The summed E-state index contributed by atoms with van der Waals surface area (Å²) in [5.74, 6) is -0.104. The minimum Gasteiger partial charge on any atom is -0.317 e. The molecule has 0 fully saturated rings. The van der Waals surface area contributed by atoms with Crippen LogP contribution in [0.1, 0.15) is 42.0 Å². The van der Waals surface area contributed by atoms with Gasteiger partial charge in [0.25, 0.3) is 0 Å². The molecule has 1 heterocycles. The van der Waals surface area contributed by atoms with E-state index in [1.165, 1.54) is 0 Å². The Morgan fingerprint density at radius 1 is 1.22 bits per heavy atom. The van der Waals surface area contributed by atoms with E-state index in [-0.39, 0.29) is 11.8 Å². The molecule has 0 aliphatic heterocycles. The molecule has 0 aliphatic carbocycles. The van der Waals surface area contributed by atoms with Crippen LogP contribution < -0.4 is 5.73 Å². The number of nitrogens with two attached hydrogens (primary N) is 1. The van der Waals surface area contributed by atoms with Crippen LogP contribution in [0.2, 0.25) is 0 Å². The Labute approximate surface area is 106 Å². The summed E-state index contributed by atoms with van der Waals surface area (Å²) in [6.45, 7) is 3.97. The van der Waals surface area contributed by atoms with Gasteiger partial charge in [-0.1, -0.05) is 30.3 Å². The summed E-state index contributed by atoms with van der Waals surface area (Å²) >= 11 is 0. The molecule has 2 N–H and O–H groups in total. The van der Waals surface area contributed by atoms with Crippen molar-refractivity contribution in [3.63, 3.8) is 0 Å². The van der Waals surface area contributed by atoms with Gasteiger partial charge in [-0.15, -0.1) is 0 Å². The first-order valence-electron chi connectivity index (χ1n) is 5.99. The SMILES string of the molecule is CC(C)n1nccc1C(=O)C(N)c1ccccc1. The van der Waals surface area contributed by atoms with E-state index in [9.17, 15) is 4.79 Å². The van der Waals surface area contributed by atoms with Gasteiger partial charge >= 0.3 is 0 Å². The third-order valence-corrected chi connectivity index (χ3v) is 2.85. The fourth-order valence-corrected chi connectivity index (χ4v) is 1.89. The van der Waals surface area contributed by atoms with E-state index in [4.69, 9.17) is 5.73 Å². The predicted octanol–water partition coefficient (Wildman–Crippen LogP) is 2.35. The van der Waals surface area contributed by atoms with E-state index in [0.29, 0.717) is 5.69 Å². The highest BCUT2D eigenvalue weighted by atomic mass is 16.1. The highest BCUT2D eigenvalue weighted by molar-refractivity contribution is 5.99. The summed E-state index contributed by atoms with van der Waals surface area (Å²) in [5.41, 5.74) is 7.38. The summed E-state index contributed by atoms with van der Waals surface area (Å²) in [6, 6.07) is 10.6. The molecule has 0 aliphatic rings. The van der Waals surface area contributed by atoms with Crippen molar-refractivity contribution in [2.24, 2.45) is 5.73 Å². The standard InChI is InChI=1S/C14H17N3O/c1-10(2)17-12(8-9-16-17)14(18)13(15)11-6-4-3-5-7-11/h3-10,13H,15H2,1-2H3. The molecule has 18 heavy (non-hydrogen) atoms. The van der Waals surface area contributed by atoms with Crippen LogP contribution in [-0.2, 0) is 0 Å². The summed E-state index contributed by atoms with van der Waals surface area (Å²) in [5, 5.41) is 4.15. The second kappa shape index (κ2) is 5.14. The van der Waals surface area contributed by atoms with Crippen molar-refractivity contribution >= 4 is 5.78 Å². The number of benzene rings is 1. The smallest absolute Gasteiger partial charge is 0.202 e. The fraction of sp³-hybridized carbons (Fsp3) is 0.286. The first-order chi connectivity index (χ1) is 8.61. The summed E-state index contributed by atoms with van der Waals surface area (Å²) in [6.07, 6.45) is 1.63. The number of ketones is 1. The van der Waals surface area contributed by atoms with E-state index in [1.54, 1.807) is 16.9 Å². The van der Waals surface area contributed by atoms with Gasteiger partial charge in [0.15, 0.2) is 0 Å². The largest absolute Gasteiger partial charge is 0.317 e. The zero-order chi connectivity index (χ0) is 13.1. The quantitative estimate of drug-likeness (QED) is 0.838. The number of Topliss-reactive ketones (excluding diaryl/α,β-unsaturated/α-hetero) is 1. The number of hydrogen-bond donors (Lipinski definition) is 1. The van der Waals surface area contributed by atoms with Crippen molar-refractivity contribution in [3.05, 3.63) is 53.9 Å². The third kappa shape index (κ3) is 2.33. The van der Waals surface area contributed by atoms with Gasteiger partial charge in [-0.3, -0.25) is 9.48 Å². The number of rotatable bonds is 4. The van der Waals surface area contributed by atoms with Crippen LogP contribution in [0.5, 0.6) is 0 Å². The lowest BCUT2D eigenvalue weighted by Gasteiger charge is -2.14. The average molecular weight is 243 g/mol. The lowest BCUT2D eigenvalue weighted by molar-refractivity contribution is 0.0949. The molecule has 1 aromatic carbocycles. The van der Waals surface area contributed by atoms with Gasteiger partial charge in [-0.05, 0) is 25.5 Å². The Kier molecular flexibility index (Phi) is 3.58. The van der Waals surface area contributed by atoms with Crippen molar-refractivity contribution in [1.82, 2.24) is 9.78 Å². The van der Waals surface area contributed by atoms with Crippen molar-refractivity contribution in [2.75, 3.05) is 0 Å². The second-order valence-electron chi connectivity index (χ2n) is 4.51. The predicted molar refractivity (Wildman–Crippen MR) is 70.3 cm³/mol. The van der Waals surface area contributed by atoms with Crippen molar-refractivity contribution in [3.8, 4) is 0 Å². The molecule has 4 heteroatoms. The van der Waals surface area contributed by atoms with Gasteiger partial charge < -0.3 is 5.73 Å². The van der Waals surface area contributed by atoms with Gasteiger partial charge in [-0.25, -0.2) is 0 Å². The lowest BCUT2D eigenvalue weighted by Crippen LogP contribution is -2.24. The normalized spacial score (nSPS) is 12.7. The Morgan fingerprint density at radius 2 is 1.89 bits per heavy atom. The first kappa shape index (κ1) is 12.5. The van der Waals surface area contributed by atoms with E-state index in [2.05, 4.69) is 5.10 Å². The maximum Gasteiger partial charge on any atom is 0.202 e. The monoisotopic (exact) mass is 243 g/mol. The molecule has 2 aromatic rings. The zero-order valence-corrected chi connectivity index (χ0v) is 10.6. The molecular formula is C14H17N3O. The summed E-state index contributed by atoms with van der Waals surface area (Å²) in [4.78, 5) is 12.3. The van der Waals surface area contributed by atoms with Gasteiger partial charge in [0.2, 0.25) is 5.78 Å². The van der Waals surface area contributed by atoms with Crippen molar-refractivity contribution in [2.45, 2.75) is 25.9 Å². The zero-order valence-electron chi connectivity index (χ0n) is 10.6. The first-order valence-corrected chi connectivity index (χ1v) is 5.99. The molecule has 0 spiro atoms. The summed E-state index contributed by atoms with van der Waals surface area (Å²) in [7, 11) is 0. The number of aromatic nitrogens is 2. The maximum absolute atomic E-state index is 12.3. The van der Waals surface area contributed by atoms with Gasteiger partial charge in [0.05, 0.1) is 6.04 Å². The Hall–Kier alpha value is -1.94. The Balaban J connectivity index is 2.29. The Morgan fingerprint density at radius 3 is 2.50 bits per heavy atom. The van der Waals surface area contributed by atoms with Crippen LogP contribution in [0, 0.1) is 0 Å². The van der Waals surface area contributed by atoms with Gasteiger partial charge in [-0.2, -0.15) is 5.10 Å². The molecule has 0 saturated carbocycles. The van der Waals surface area contributed by atoms with Crippen LogP contribution in [0.15, 0.2) is 42.6 Å². The molecule has 0 radical (unpaired) electrons. The molecule has 94 valence electrons. The number of nitrogens with zero attached hydrogens (tertiary/aromatic N) is 2. The van der Waals surface area contributed by atoms with Crippen LogP contribution >= 0.6 is 0 Å². The number of hydrogen-bond acceptors (Lipinski definition) is 3. The minimum atomic E-state index is -0.639. The molecule has 1 atom stereocenters. The highest BCUT2D eigenvalue weighted by Gasteiger charge is 2.21. The second-order valence-corrected chi connectivity index (χ2v) is 4.51. The average Bonchev–Trinajstić information content (AvgIpc) is 2.87. The maximum atomic E-state index is 12.3. The van der Waals surface area contributed by atoms with Gasteiger partial charge in [0, 0.05) is 12.2 Å². The molecular weight excluding hydrogens is 226 g/mol. The minimum absolute atomic E-state index is 0.104. The van der Waals surface area contributed by atoms with Crippen LogP contribution in [0.3, 0.4) is 0 Å². The van der Waals surface area contributed by atoms with Crippen molar-refractivity contribution < 1.29 is 4.79 Å². The van der Waals surface area contributed by atoms with Crippen molar-refractivity contribution in [1.29, 1.82) is 0 Å². The summed E-state index contributed by atoms with van der Waals surface area (Å²) < 4.78 is 1.70. The Bertz CT molecular complexity index is 531.